The highest BCUT2D eigenvalue weighted by molar-refractivity contribution is 9.10. The molecule has 0 bridgehead atoms. The van der Waals surface area contributed by atoms with E-state index >= 15 is 0 Å². The largest absolute Gasteiger partial charge is 0.358 e. The summed E-state index contributed by atoms with van der Waals surface area (Å²) in [5.41, 5.74) is 1.42. The number of nitrogens with one attached hydrogen (secondary N) is 1. The van der Waals surface area contributed by atoms with Gasteiger partial charge < -0.3 is 15.4 Å². The molecule has 0 aliphatic carbocycles. The zero-order valence-electron chi connectivity index (χ0n) is 12.8. The Morgan fingerprint density at radius 3 is 2.78 bits per heavy atom. The minimum Gasteiger partial charge on any atom is -0.358 e. The Labute approximate surface area is 140 Å². The van der Waals surface area contributed by atoms with Gasteiger partial charge in [-0.05, 0) is 41.1 Å². The molecule has 0 aliphatic heterocycles. The van der Waals surface area contributed by atoms with E-state index in [1.807, 2.05) is 13.1 Å². The van der Waals surface area contributed by atoms with Crippen LogP contribution in [0.1, 0.15) is 17.8 Å². The quantitative estimate of drug-likeness (QED) is 0.442. The molecule has 0 saturated heterocycles. The molecule has 0 fully saturated rings. The van der Waals surface area contributed by atoms with Gasteiger partial charge >= 0.3 is 5.82 Å². The normalized spacial score (nSPS) is 10.7. The van der Waals surface area contributed by atoms with E-state index in [1.54, 1.807) is 11.6 Å². The molecule has 0 spiro atoms. The van der Waals surface area contributed by atoms with E-state index in [4.69, 9.17) is 0 Å². The van der Waals surface area contributed by atoms with Crippen molar-refractivity contribution in [2.75, 3.05) is 6.54 Å². The Morgan fingerprint density at radius 1 is 1.43 bits per heavy atom. The van der Waals surface area contributed by atoms with Crippen LogP contribution in [0.25, 0.3) is 0 Å². The van der Waals surface area contributed by atoms with Crippen molar-refractivity contribution in [2.45, 2.75) is 33.4 Å². The SMILES string of the molecule is Cc1cc([N+](=O)[O-])n(CC(=O)NCCCn2cc(Br)c(C)n2)n1. The second-order valence-electron chi connectivity index (χ2n) is 5.09. The third kappa shape index (κ3) is 4.62. The molecule has 1 amide bonds. The first kappa shape index (κ1) is 17.1. The highest BCUT2D eigenvalue weighted by atomic mass is 79.9. The second-order valence-corrected chi connectivity index (χ2v) is 5.94. The van der Waals surface area contributed by atoms with E-state index in [0.717, 1.165) is 14.8 Å². The van der Waals surface area contributed by atoms with Gasteiger partial charge in [-0.3, -0.25) is 9.48 Å². The van der Waals surface area contributed by atoms with E-state index < -0.39 is 4.92 Å². The Balaban J connectivity index is 1.78. The molecule has 0 unspecified atom stereocenters. The maximum Gasteiger partial charge on any atom is 0.345 e. The average Bonchev–Trinajstić information content (AvgIpc) is 2.98. The summed E-state index contributed by atoms with van der Waals surface area (Å²) in [7, 11) is 0. The van der Waals surface area contributed by atoms with Crippen LogP contribution in [0.4, 0.5) is 5.82 Å². The van der Waals surface area contributed by atoms with Crippen LogP contribution < -0.4 is 5.32 Å². The van der Waals surface area contributed by atoms with Gasteiger partial charge in [-0.25, -0.2) is 0 Å². The lowest BCUT2D eigenvalue weighted by Gasteiger charge is -2.04. The number of nitro groups is 1. The maximum absolute atomic E-state index is 11.8. The minimum atomic E-state index is -0.550. The van der Waals surface area contributed by atoms with Crippen molar-refractivity contribution in [3.8, 4) is 0 Å². The van der Waals surface area contributed by atoms with Crippen molar-refractivity contribution in [1.29, 1.82) is 0 Å². The van der Waals surface area contributed by atoms with Gasteiger partial charge in [-0.2, -0.15) is 5.10 Å². The Hall–Kier alpha value is -2.23. The number of nitrogens with zero attached hydrogens (tertiary/aromatic N) is 5. The molecule has 2 aromatic rings. The molecule has 0 aliphatic rings. The molecule has 124 valence electrons. The topological polar surface area (TPSA) is 108 Å². The van der Waals surface area contributed by atoms with Crippen LogP contribution in [0.2, 0.25) is 0 Å². The number of rotatable bonds is 7. The van der Waals surface area contributed by atoms with Gasteiger partial charge in [0.05, 0.1) is 21.9 Å². The van der Waals surface area contributed by atoms with Crippen molar-refractivity contribution >= 4 is 27.7 Å². The van der Waals surface area contributed by atoms with E-state index in [1.165, 1.54) is 6.07 Å². The number of hydrogen-bond donors (Lipinski definition) is 1. The monoisotopic (exact) mass is 384 g/mol. The number of carbonyl (C=O) groups is 1. The summed E-state index contributed by atoms with van der Waals surface area (Å²) in [6, 6.07) is 1.34. The number of aryl methyl sites for hydroxylation is 3. The summed E-state index contributed by atoms with van der Waals surface area (Å²) in [6.45, 7) is 4.51. The molecule has 2 rings (SSSR count). The molecule has 2 aromatic heterocycles. The molecular weight excluding hydrogens is 368 g/mol. The lowest BCUT2D eigenvalue weighted by molar-refractivity contribution is -0.392. The first-order valence-electron chi connectivity index (χ1n) is 7.02. The van der Waals surface area contributed by atoms with Crippen molar-refractivity contribution < 1.29 is 9.72 Å². The molecule has 0 radical (unpaired) electrons. The zero-order chi connectivity index (χ0) is 17.0. The highest BCUT2D eigenvalue weighted by Crippen LogP contribution is 2.13. The standard InChI is InChI=1S/C13H17BrN6O3/c1-9-6-13(20(22)23)19(16-9)8-12(21)15-4-3-5-18-7-11(14)10(2)17-18/h6-7H,3-5,8H2,1-2H3,(H,15,21). The smallest absolute Gasteiger partial charge is 0.345 e. The van der Waals surface area contributed by atoms with Gasteiger partial charge in [0.2, 0.25) is 0 Å². The van der Waals surface area contributed by atoms with Crippen LogP contribution in [0.15, 0.2) is 16.7 Å². The van der Waals surface area contributed by atoms with Crippen molar-refractivity contribution in [2.24, 2.45) is 0 Å². The van der Waals surface area contributed by atoms with Crippen LogP contribution in [0.3, 0.4) is 0 Å². The van der Waals surface area contributed by atoms with Gasteiger partial charge in [0, 0.05) is 19.3 Å². The van der Waals surface area contributed by atoms with Gasteiger partial charge in [0.15, 0.2) is 6.54 Å². The molecule has 23 heavy (non-hydrogen) atoms. The average molecular weight is 385 g/mol. The van der Waals surface area contributed by atoms with Crippen LogP contribution in [0.5, 0.6) is 0 Å². The molecule has 0 saturated carbocycles. The van der Waals surface area contributed by atoms with Crippen LogP contribution in [-0.4, -0.2) is 36.9 Å². The predicted molar refractivity (Wildman–Crippen MR) is 85.9 cm³/mol. The molecule has 9 nitrogen and oxygen atoms in total. The Bertz CT molecular complexity index is 704. The Kier molecular flexibility index (Phi) is 5.48. The zero-order valence-corrected chi connectivity index (χ0v) is 14.4. The van der Waals surface area contributed by atoms with E-state index in [2.05, 4.69) is 31.4 Å². The van der Waals surface area contributed by atoms with Gasteiger partial charge in [0.25, 0.3) is 5.91 Å². The summed E-state index contributed by atoms with van der Waals surface area (Å²) >= 11 is 3.39. The minimum absolute atomic E-state index is 0.170. The lowest BCUT2D eigenvalue weighted by atomic mass is 10.4. The maximum atomic E-state index is 11.8. The number of hydrogen-bond acceptors (Lipinski definition) is 5. The van der Waals surface area contributed by atoms with Crippen molar-refractivity contribution in [3.63, 3.8) is 0 Å². The summed E-state index contributed by atoms with van der Waals surface area (Å²) in [5.74, 6) is -0.497. The van der Waals surface area contributed by atoms with E-state index in [9.17, 15) is 14.9 Å². The third-order valence-corrected chi connectivity index (χ3v) is 3.91. The fourth-order valence-electron chi connectivity index (χ4n) is 2.06. The molecule has 0 aromatic carbocycles. The van der Waals surface area contributed by atoms with E-state index in [-0.39, 0.29) is 18.3 Å². The first-order chi connectivity index (χ1) is 10.9. The number of aromatic nitrogens is 4. The molecule has 0 atom stereocenters. The van der Waals surface area contributed by atoms with Crippen molar-refractivity contribution in [1.82, 2.24) is 24.9 Å². The van der Waals surface area contributed by atoms with Crippen LogP contribution in [-0.2, 0) is 17.9 Å². The fraction of sp³-hybridized carbons (Fsp3) is 0.462. The van der Waals surface area contributed by atoms with E-state index in [0.29, 0.717) is 25.2 Å². The summed E-state index contributed by atoms with van der Waals surface area (Å²) in [5, 5.41) is 21.8. The third-order valence-electron chi connectivity index (χ3n) is 3.13. The highest BCUT2D eigenvalue weighted by Gasteiger charge is 2.19. The van der Waals surface area contributed by atoms with Gasteiger partial charge in [-0.1, -0.05) is 5.10 Å². The molecular formula is C13H17BrN6O3. The number of amides is 1. The summed E-state index contributed by atoms with van der Waals surface area (Å²) in [4.78, 5) is 22.2. The lowest BCUT2D eigenvalue weighted by Crippen LogP contribution is -2.29. The van der Waals surface area contributed by atoms with Crippen molar-refractivity contribution in [3.05, 3.63) is 38.2 Å². The fourth-order valence-corrected chi connectivity index (χ4v) is 2.38. The second kappa shape index (κ2) is 7.36. The molecule has 10 heteroatoms. The summed E-state index contributed by atoms with van der Waals surface area (Å²) < 4.78 is 3.84. The van der Waals surface area contributed by atoms with Crippen LogP contribution >= 0.6 is 15.9 Å². The predicted octanol–water partition coefficient (Wildman–Crippen LogP) is 1.57. The number of carbonyl (C=O) groups excluding carboxylic acids is 1. The summed E-state index contributed by atoms with van der Waals surface area (Å²) in [6.07, 6.45) is 2.59. The first-order valence-corrected chi connectivity index (χ1v) is 7.81. The number of halogens is 1. The molecule has 1 N–H and O–H groups in total. The van der Waals surface area contributed by atoms with Gasteiger partial charge in [-0.15, -0.1) is 4.68 Å². The van der Waals surface area contributed by atoms with Gasteiger partial charge in [0.1, 0.15) is 0 Å². The Morgan fingerprint density at radius 2 is 2.17 bits per heavy atom. The van der Waals surface area contributed by atoms with Crippen LogP contribution in [0, 0.1) is 24.0 Å². The molecule has 2 heterocycles.